The van der Waals surface area contributed by atoms with Gasteiger partial charge in [-0.1, -0.05) is 12.1 Å². The van der Waals surface area contributed by atoms with Crippen LogP contribution < -0.4 is 0 Å². The Morgan fingerprint density at radius 2 is 2.20 bits per heavy atom. The number of benzene rings is 1. The van der Waals surface area contributed by atoms with Crippen LogP contribution in [0.4, 0.5) is 4.39 Å². The molecular formula is C11H9FO3. The fourth-order valence-electron chi connectivity index (χ4n) is 1.20. The number of hydrogen-bond acceptors (Lipinski definition) is 2. The molecule has 0 heterocycles. The number of carbonyl (C=O) groups is 2. The van der Waals surface area contributed by atoms with Crippen LogP contribution in [-0.4, -0.2) is 17.4 Å². The zero-order chi connectivity index (χ0) is 11.3. The largest absolute Gasteiger partial charge is 0.481 e. The van der Waals surface area contributed by atoms with Crippen LogP contribution in [-0.2, 0) is 16.0 Å². The van der Waals surface area contributed by atoms with E-state index in [1.54, 1.807) is 0 Å². The highest BCUT2D eigenvalue weighted by molar-refractivity contribution is 5.77. The molecule has 0 aromatic heterocycles. The summed E-state index contributed by atoms with van der Waals surface area (Å²) in [6.45, 7) is 0. The number of aldehydes is 1. The van der Waals surface area contributed by atoms with Crippen LogP contribution >= 0.6 is 0 Å². The summed E-state index contributed by atoms with van der Waals surface area (Å²) in [5, 5.41) is 8.59. The van der Waals surface area contributed by atoms with Gasteiger partial charge in [-0.3, -0.25) is 9.59 Å². The fraction of sp³-hybridized carbons (Fsp3) is 0.0909. The van der Waals surface area contributed by atoms with Crippen molar-refractivity contribution in [1.29, 1.82) is 0 Å². The van der Waals surface area contributed by atoms with Gasteiger partial charge in [0.25, 0.3) is 0 Å². The van der Waals surface area contributed by atoms with E-state index in [1.165, 1.54) is 24.3 Å². The summed E-state index contributed by atoms with van der Waals surface area (Å²) >= 11 is 0. The highest BCUT2D eigenvalue weighted by Crippen LogP contribution is 2.13. The van der Waals surface area contributed by atoms with Gasteiger partial charge < -0.3 is 5.11 Å². The number of hydrogen-bond donors (Lipinski definition) is 1. The third-order valence-corrected chi connectivity index (χ3v) is 1.80. The maximum Gasteiger partial charge on any atom is 0.307 e. The average Bonchev–Trinajstić information content (AvgIpc) is 2.16. The molecule has 0 unspecified atom stereocenters. The molecule has 0 spiro atoms. The van der Waals surface area contributed by atoms with Gasteiger partial charge in [-0.2, -0.15) is 0 Å². The first-order valence-corrected chi connectivity index (χ1v) is 4.25. The molecule has 3 nitrogen and oxygen atoms in total. The first kappa shape index (κ1) is 11.1. The van der Waals surface area contributed by atoms with Crippen LogP contribution in [0, 0.1) is 5.82 Å². The van der Waals surface area contributed by atoms with Crippen molar-refractivity contribution in [3.8, 4) is 0 Å². The minimum absolute atomic E-state index is 0.268. The molecule has 0 saturated heterocycles. The molecule has 0 aliphatic heterocycles. The molecule has 78 valence electrons. The van der Waals surface area contributed by atoms with E-state index < -0.39 is 11.8 Å². The van der Waals surface area contributed by atoms with Crippen molar-refractivity contribution in [1.82, 2.24) is 0 Å². The van der Waals surface area contributed by atoms with E-state index in [1.807, 2.05) is 0 Å². The summed E-state index contributed by atoms with van der Waals surface area (Å²) in [7, 11) is 0. The molecule has 0 amide bonds. The summed E-state index contributed by atoms with van der Waals surface area (Å²) in [6.07, 6.45) is 2.99. The van der Waals surface area contributed by atoms with Gasteiger partial charge in [0.2, 0.25) is 0 Å². The van der Waals surface area contributed by atoms with E-state index in [2.05, 4.69) is 0 Å². The van der Waals surface area contributed by atoms with Crippen LogP contribution in [0.25, 0.3) is 6.08 Å². The van der Waals surface area contributed by atoms with Gasteiger partial charge >= 0.3 is 5.97 Å². The standard InChI is InChI=1S/C11H9FO3/c12-10-4-3-8(2-1-5-13)9(6-10)7-11(14)15/h1-6H,7H2,(H,14,15). The van der Waals surface area contributed by atoms with Gasteiger partial charge in [0, 0.05) is 0 Å². The number of rotatable bonds is 4. The monoisotopic (exact) mass is 208 g/mol. The molecule has 1 aromatic rings. The van der Waals surface area contributed by atoms with E-state index >= 15 is 0 Å². The lowest BCUT2D eigenvalue weighted by molar-refractivity contribution is -0.136. The Morgan fingerprint density at radius 3 is 2.80 bits per heavy atom. The van der Waals surface area contributed by atoms with Crippen LogP contribution in [0.5, 0.6) is 0 Å². The zero-order valence-electron chi connectivity index (χ0n) is 7.81. The van der Waals surface area contributed by atoms with E-state index in [0.717, 1.165) is 6.07 Å². The van der Waals surface area contributed by atoms with E-state index in [0.29, 0.717) is 17.4 Å². The molecule has 0 aliphatic carbocycles. The second kappa shape index (κ2) is 5.05. The van der Waals surface area contributed by atoms with Crippen molar-refractivity contribution in [2.75, 3.05) is 0 Å². The van der Waals surface area contributed by atoms with Crippen molar-refractivity contribution in [3.63, 3.8) is 0 Å². The minimum Gasteiger partial charge on any atom is -0.481 e. The van der Waals surface area contributed by atoms with Crippen LogP contribution in [0.1, 0.15) is 11.1 Å². The van der Waals surface area contributed by atoms with Gasteiger partial charge in [-0.25, -0.2) is 4.39 Å². The van der Waals surface area contributed by atoms with Crippen LogP contribution in [0.15, 0.2) is 24.3 Å². The summed E-state index contributed by atoms with van der Waals surface area (Å²) in [4.78, 5) is 20.6. The maximum absolute atomic E-state index is 12.8. The minimum atomic E-state index is -1.04. The lowest BCUT2D eigenvalue weighted by Gasteiger charge is -2.02. The van der Waals surface area contributed by atoms with E-state index in [-0.39, 0.29) is 6.42 Å². The first-order chi connectivity index (χ1) is 7.13. The summed E-state index contributed by atoms with van der Waals surface area (Å²) in [5.74, 6) is -1.53. The Labute approximate surface area is 85.8 Å². The normalized spacial score (nSPS) is 10.5. The van der Waals surface area contributed by atoms with Crippen molar-refractivity contribution in [3.05, 3.63) is 41.2 Å². The Hall–Kier alpha value is -1.97. The molecule has 0 radical (unpaired) electrons. The Balaban J connectivity index is 3.07. The van der Waals surface area contributed by atoms with Crippen molar-refractivity contribution in [2.24, 2.45) is 0 Å². The van der Waals surface area contributed by atoms with Gasteiger partial charge in [0.1, 0.15) is 12.1 Å². The van der Waals surface area contributed by atoms with E-state index in [9.17, 15) is 14.0 Å². The Bertz CT molecular complexity index is 410. The molecule has 15 heavy (non-hydrogen) atoms. The maximum atomic E-state index is 12.8. The zero-order valence-corrected chi connectivity index (χ0v) is 7.81. The molecule has 1 rings (SSSR count). The molecule has 1 aromatic carbocycles. The van der Waals surface area contributed by atoms with Crippen LogP contribution in [0.2, 0.25) is 0 Å². The molecule has 0 saturated carbocycles. The number of aliphatic carboxylic acids is 1. The van der Waals surface area contributed by atoms with Gasteiger partial charge in [-0.05, 0) is 29.3 Å². The number of carbonyl (C=O) groups excluding carboxylic acids is 1. The van der Waals surface area contributed by atoms with Crippen molar-refractivity contribution < 1.29 is 19.1 Å². The SMILES string of the molecule is O=CC=Cc1ccc(F)cc1CC(=O)O. The lowest BCUT2D eigenvalue weighted by atomic mass is 10.0. The molecular weight excluding hydrogens is 199 g/mol. The van der Waals surface area contributed by atoms with Crippen molar-refractivity contribution >= 4 is 18.3 Å². The third-order valence-electron chi connectivity index (χ3n) is 1.80. The molecule has 0 bridgehead atoms. The molecule has 0 aliphatic rings. The quantitative estimate of drug-likeness (QED) is 0.604. The number of carboxylic acid groups (broad SMARTS) is 1. The Morgan fingerprint density at radius 1 is 1.47 bits per heavy atom. The number of carboxylic acids is 1. The smallest absolute Gasteiger partial charge is 0.307 e. The van der Waals surface area contributed by atoms with Crippen LogP contribution in [0.3, 0.4) is 0 Å². The summed E-state index contributed by atoms with van der Waals surface area (Å²) in [5.41, 5.74) is 0.881. The molecule has 4 heteroatoms. The highest BCUT2D eigenvalue weighted by atomic mass is 19.1. The number of halogens is 1. The van der Waals surface area contributed by atoms with Gasteiger partial charge in [0.15, 0.2) is 0 Å². The highest BCUT2D eigenvalue weighted by Gasteiger charge is 2.06. The topological polar surface area (TPSA) is 54.4 Å². The third kappa shape index (κ3) is 3.34. The predicted octanol–water partition coefficient (Wildman–Crippen LogP) is 1.66. The molecule has 0 atom stereocenters. The predicted molar refractivity (Wildman–Crippen MR) is 52.8 cm³/mol. The Kier molecular flexibility index (Phi) is 3.74. The lowest BCUT2D eigenvalue weighted by Crippen LogP contribution is -2.02. The molecule has 1 N–H and O–H groups in total. The van der Waals surface area contributed by atoms with Gasteiger partial charge in [-0.15, -0.1) is 0 Å². The van der Waals surface area contributed by atoms with E-state index in [4.69, 9.17) is 5.11 Å². The first-order valence-electron chi connectivity index (χ1n) is 4.25. The summed E-state index contributed by atoms with van der Waals surface area (Å²) < 4.78 is 12.8. The fourth-order valence-corrected chi connectivity index (χ4v) is 1.20. The second-order valence-corrected chi connectivity index (χ2v) is 2.91. The van der Waals surface area contributed by atoms with Gasteiger partial charge in [0.05, 0.1) is 6.42 Å². The second-order valence-electron chi connectivity index (χ2n) is 2.91. The van der Waals surface area contributed by atoms with Crippen molar-refractivity contribution in [2.45, 2.75) is 6.42 Å². The average molecular weight is 208 g/mol. The summed E-state index contributed by atoms with van der Waals surface area (Å²) in [6, 6.07) is 3.81. The molecule has 0 fully saturated rings. The number of allylic oxidation sites excluding steroid dienone is 1.